The minimum Gasteiger partial charge on any atom is -0.376 e. The Morgan fingerprint density at radius 3 is 2.48 bits per heavy atom. The van der Waals surface area contributed by atoms with E-state index >= 15 is 0 Å². The standard InChI is InChI=1S/C13H12F3NO3S/c1-21(19,20)9-12(18,13(14,15)16)6-5-10-3-2-4-11(7-10)8-17/h2-7,18H,9H2,1H3/b6-5+. The Labute approximate surface area is 120 Å². The van der Waals surface area contributed by atoms with Gasteiger partial charge >= 0.3 is 6.18 Å². The van der Waals surface area contributed by atoms with Gasteiger partial charge in [0.05, 0.1) is 17.4 Å². The van der Waals surface area contributed by atoms with Crippen LogP contribution < -0.4 is 0 Å². The number of hydrogen-bond acceptors (Lipinski definition) is 4. The zero-order chi connectivity index (χ0) is 16.3. The third-order valence-corrected chi connectivity index (χ3v) is 3.50. The van der Waals surface area contributed by atoms with Crippen molar-refractivity contribution in [2.75, 3.05) is 12.0 Å². The summed E-state index contributed by atoms with van der Waals surface area (Å²) in [7, 11) is -4.06. The van der Waals surface area contributed by atoms with Crippen molar-refractivity contribution in [2.45, 2.75) is 11.8 Å². The fraction of sp³-hybridized carbons (Fsp3) is 0.308. The molecule has 0 aliphatic rings. The number of hydrogen-bond donors (Lipinski definition) is 1. The molecule has 1 aromatic rings. The van der Waals surface area contributed by atoms with E-state index in [0.717, 1.165) is 6.08 Å². The molecule has 0 fully saturated rings. The summed E-state index contributed by atoms with van der Waals surface area (Å²) < 4.78 is 60.7. The average molecular weight is 319 g/mol. The molecule has 8 heteroatoms. The third kappa shape index (κ3) is 4.88. The lowest BCUT2D eigenvalue weighted by atomic mass is 10.0. The SMILES string of the molecule is CS(=O)(=O)CC(O)(/C=C/c1cccc(C#N)c1)C(F)(F)F. The Bertz CT molecular complexity index is 689. The van der Waals surface area contributed by atoms with Gasteiger partial charge < -0.3 is 5.11 Å². The van der Waals surface area contributed by atoms with Gasteiger partial charge in [0.15, 0.2) is 15.4 Å². The molecule has 1 atom stereocenters. The van der Waals surface area contributed by atoms with Crippen molar-refractivity contribution in [3.63, 3.8) is 0 Å². The van der Waals surface area contributed by atoms with Crippen LogP contribution in [-0.2, 0) is 9.84 Å². The van der Waals surface area contributed by atoms with Crippen molar-refractivity contribution in [1.82, 2.24) is 0 Å². The van der Waals surface area contributed by atoms with E-state index in [9.17, 15) is 26.7 Å². The zero-order valence-electron chi connectivity index (χ0n) is 10.9. The quantitative estimate of drug-likeness (QED) is 0.919. The van der Waals surface area contributed by atoms with Gasteiger partial charge in [0.1, 0.15) is 0 Å². The Hall–Kier alpha value is -1.85. The van der Waals surface area contributed by atoms with Crippen LogP contribution >= 0.6 is 0 Å². The van der Waals surface area contributed by atoms with Crippen LogP contribution in [0.4, 0.5) is 13.2 Å². The summed E-state index contributed by atoms with van der Waals surface area (Å²) in [4.78, 5) is 0. The van der Waals surface area contributed by atoms with Crippen molar-refractivity contribution < 1.29 is 26.7 Å². The minimum absolute atomic E-state index is 0.232. The summed E-state index contributed by atoms with van der Waals surface area (Å²) in [6, 6.07) is 7.48. The Morgan fingerprint density at radius 2 is 2.00 bits per heavy atom. The molecule has 0 aliphatic carbocycles. The first kappa shape index (κ1) is 17.2. The molecule has 114 valence electrons. The van der Waals surface area contributed by atoms with Gasteiger partial charge in [-0.2, -0.15) is 18.4 Å². The first-order valence-corrected chi connectivity index (χ1v) is 7.69. The summed E-state index contributed by atoms with van der Waals surface area (Å²) >= 11 is 0. The van der Waals surface area contributed by atoms with E-state index < -0.39 is 27.4 Å². The van der Waals surface area contributed by atoms with Crippen LogP contribution in [0.3, 0.4) is 0 Å². The molecule has 0 aliphatic heterocycles. The molecule has 1 unspecified atom stereocenters. The summed E-state index contributed by atoms with van der Waals surface area (Å²) in [5.74, 6) is -1.47. The number of benzene rings is 1. The maximum absolute atomic E-state index is 12.9. The molecule has 0 radical (unpaired) electrons. The fourth-order valence-corrected chi connectivity index (χ4v) is 2.63. The highest BCUT2D eigenvalue weighted by molar-refractivity contribution is 7.90. The number of rotatable bonds is 4. The van der Waals surface area contributed by atoms with Crippen molar-refractivity contribution in [2.24, 2.45) is 0 Å². The molecule has 0 saturated heterocycles. The van der Waals surface area contributed by atoms with Gasteiger partial charge in [-0.25, -0.2) is 8.42 Å². The molecule has 0 aromatic heterocycles. The molecule has 0 amide bonds. The highest BCUT2D eigenvalue weighted by Gasteiger charge is 2.53. The first-order valence-electron chi connectivity index (χ1n) is 5.63. The van der Waals surface area contributed by atoms with Crippen LogP contribution in [0.5, 0.6) is 0 Å². The maximum atomic E-state index is 12.9. The number of halogens is 3. The van der Waals surface area contributed by atoms with Crippen LogP contribution in [0.15, 0.2) is 30.3 Å². The Morgan fingerprint density at radius 1 is 1.38 bits per heavy atom. The second-order valence-electron chi connectivity index (χ2n) is 4.56. The van der Waals surface area contributed by atoms with Crippen molar-refractivity contribution in [3.05, 3.63) is 41.5 Å². The summed E-state index contributed by atoms with van der Waals surface area (Å²) in [5.41, 5.74) is -3.01. The van der Waals surface area contributed by atoms with Crippen molar-refractivity contribution in [3.8, 4) is 6.07 Å². The van der Waals surface area contributed by atoms with E-state index in [2.05, 4.69) is 0 Å². The normalized spacial score (nSPS) is 15.6. The van der Waals surface area contributed by atoms with Gasteiger partial charge in [-0.1, -0.05) is 18.2 Å². The van der Waals surface area contributed by atoms with Crippen LogP contribution in [0.1, 0.15) is 11.1 Å². The van der Waals surface area contributed by atoms with Gasteiger partial charge in [0, 0.05) is 6.26 Å². The Balaban J connectivity index is 3.18. The predicted octanol–water partition coefficient (Wildman–Crippen LogP) is 1.91. The van der Waals surface area contributed by atoms with E-state index in [1.54, 1.807) is 0 Å². The lowest BCUT2D eigenvalue weighted by Crippen LogP contribution is -2.48. The molecule has 1 N–H and O–H groups in total. The number of alkyl halides is 3. The van der Waals surface area contributed by atoms with Crippen molar-refractivity contribution in [1.29, 1.82) is 5.26 Å². The summed E-state index contributed by atoms with van der Waals surface area (Å²) in [6.07, 6.45) is -3.22. The minimum atomic E-state index is -5.14. The lowest BCUT2D eigenvalue weighted by Gasteiger charge is -2.26. The fourth-order valence-electron chi connectivity index (χ4n) is 1.57. The number of nitriles is 1. The molecule has 0 saturated carbocycles. The molecular weight excluding hydrogens is 307 g/mol. The summed E-state index contributed by atoms with van der Waals surface area (Å²) in [6.45, 7) is 0. The van der Waals surface area contributed by atoms with Gasteiger partial charge in [-0.3, -0.25) is 0 Å². The van der Waals surface area contributed by atoms with E-state index in [1.807, 2.05) is 6.07 Å². The molecule has 0 heterocycles. The van der Waals surface area contributed by atoms with E-state index in [0.29, 0.717) is 12.3 Å². The van der Waals surface area contributed by atoms with E-state index in [-0.39, 0.29) is 11.1 Å². The summed E-state index contributed by atoms with van der Waals surface area (Å²) in [5, 5.41) is 18.3. The highest BCUT2D eigenvalue weighted by Crippen LogP contribution is 2.33. The second kappa shape index (κ2) is 5.87. The van der Waals surface area contributed by atoms with Crippen LogP contribution in [0.2, 0.25) is 0 Å². The van der Waals surface area contributed by atoms with Gasteiger partial charge in [0.2, 0.25) is 0 Å². The van der Waals surface area contributed by atoms with Crippen LogP contribution in [0, 0.1) is 11.3 Å². The topological polar surface area (TPSA) is 78.2 Å². The zero-order valence-corrected chi connectivity index (χ0v) is 11.7. The van der Waals surface area contributed by atoms with Gasteiger partial charge in [0.25, 0.3) is 0 Å². The number of aliphatic hydroxyl groups is 1. The van der Waals surface area contributed by atoms with Crippen LogP contribution in [-0.4, -0.2) is 37.3 Å². The van der Waals surface area contributed by atoms with E-state index in [4.69, 9.17) is 5.26 Å². The van der Waals surface area contributed by atoms with Crippen LogP contribution in [0.25, 0.3) is 6.08 Å². The number of sulfone groups is 1. The molecule has 0 spiro atoms. The monoisotopic (exact) mass is 319 g/mol. The smallest absolute Gasteiger partial charge is 0.376 e. The molecule has 1 aromatic carbocycles. The lowest BCUT2D eigenvalue weighted by molar-refractivity contribution is -0.230. The number of nitrogens with zero attached hydrogens (tertiary/aromatic N) is 1. The van der Waals surface area contributed by atoms with Gasteiger partial charge in [-0.05, 0) is 23.8 Å². The molecule has 1 rings (SSSR count). The third-order valence-electron chi connectivity index (χ3n) is 2.54. The van der Waals surface area contributed by atoms with Gasteiger partial charge in [-0.15, -0.1) is 0 Å². The maximum Gasteiger partial charge on any atom is 0.421 e. The molecule has 21 heavy (non-hydrogen) atoms. The molecule has 4 nitrogen and oxygen atoms in total. The first-order chi connectivity index (χ1) is 9.47. The van der Waals surface area contributed by atoms with Crippen molar-refractivity contribution >= 4 is 15.9 Å². The molecule has 0 bridgehead atoms. The molecular formula is C13H12F3NO3S. The largest absolute Gasteiger partial charge is 0.421 e. The Kier molecular flexibility index (Phi) is 4.81. The predicted molar refractivity (Wildman–Crippen MR) is 70.9 cm³/mol. The second-order valence-corrected chi connectivity index (χ2v) is 6.70. The van der Waals surface area contributed by atoms with E-state index in [1.165, 1.54) is 24.3 Å². The highest BCUT2D eigenvalue weighted by atomic mass is 32.2. The average Bonchev–Trinajstić information content (AvgIpc) is 2.33.